The lowest BCUT2D eigenvalue weighted by Gasteiger charge is -2.33. The molecule has 0 unspecified atom stereocenters. The van der Waals surface area contributed by atoms with E-state index in [-0.39, 0.29) is 0 Å². The summed E-state index contributed by atoms with van der Waals surface area (Å²) in [6, 6.07) is 3.85. The number of piperidine rings is 1. The largest absolute Gasteiger partial charge is 0.355 e. The molecule has 1 fully saturated rings. The van der Waals surface area contributed by atoms with E-state index in [4.69, 9.17) is 16.9 Å². The van der Waals surface area contributed by atoms with Gasteiger partial charge in [0.05, 0.1) is 16.3 Å². The van der Waals surface area contributed by atoms with Gasteiger partial charge in [0, 0.05) is 13.1 Å². The molecule has 2 rings (SSSR count). The van der Waals surface area contributed by atoms with Crippen molar-refractivity contribution in [1.29, 1.82) is 5.26 Å². The first-order valence-corrected chi connectivity index (χ1v) is 7.56. The van der Waals surface area contributed by atoms with E-state index in [9.17, 15) is 0 Å². The van der Waals surface area contributed by atoms with Gasteiger partial charge in [0.1, 0.15) is 11.9 Å². The molecule has 1 saturated heterocycles. The number of nitrogens with zero attached hydrogens (tertiary/aromatic N) is 3. The van der Waals surface area contributed by atoms with Crippen molar-refractivity contribution in [2.45, 2.75) is 26.7 Å². The summed E-state index contributed by atoms with van der Waals surface area (Å²) >= 11 is 6.27. The molecule has 20 heavy (non-hydrogen) atoms. The second kappa shape index (κ2) is 6.92. The molecule has 0 aliphatic carbocycles. The molecule has 2 heterocycles. The molecular formula is C15H21ClN4. The van der Waals surface area contributed by atoms with E-state index in [0.29, 0.717) is 10.6 Å². The highest BCUT2D eigenvalue weighted by atomic mass is 35.5. The molecule has 0 saturated carbocycles. The number of hydrogen-bond acceptors (Lipinski definition) is 4. The fourth-order valence-corrected chi connectivity index (χ4v) is 2.87. The molecule has 0 bridgehead atoms. The van der Waals surface area contributed by atoms with Crippen molar-refractivity contribution in [2.24, 2.45) is 5.92 Å². The maximum Gasteiger partial charge on any atom is 0.147 e. The number of pyridine rings is 1. The SMILES string of the molecule is CCNCC1CCN(c2nc(C)c(C#N)cc2Cl)CC1. The Morgan fingerprint density at radius 2 is 2.20 bits per heavy atom. The third kappa shape index (κ3) is 3.41. The molecule has 5 heteroatoms. The Balaban J connectivity index is 2.04. The number of nitriles is 1. The van der Waals surface area contributed by atoms with E-state index < -0.39 is 0 Å². The fraction of sp³-hybridized carbons (Fsp3) is 0.600. The van der Waals surface area contributed by atoms with Crippen LogP contribution in [0.4, 0.5) is 5.82 Å². The van der Waals surface area contributed by atoms with Crippen molar-refractivity contribution in [1.82, 2.24) is 10.3 Å². The minimum atomic E-state index is 0.556. The molecule has 1 aliphatic heterocycles. The zero-order valence-corrected chi connectivity index (χ0v) is 12.9. The van der Waals surface area contributed by atoms with Gasteiger partial charge in [-0.15, -0.1) is 0 Å². The fourth-order valence-electron chi connectivity index (χ4n) is 2.60. The van der Waals surface area contributed by atoms with Crippen LogP contribution in [-0.2, 0) is 0 Å². The van der Waals surface area contributed by atoms with Crippen LogP contribution in [0.3, 0.4) is 0 Å². The Morgan fingerprint density at radius 1 is 1.50 bits per heavy atom. The molecule has 1 N–H and O–H groups in total. The molecular weight excluding hydrogens is 272 g/mol. The van der Waals surface area contributed by atoms with E-state index in [1.165, 1.54) is 0 Å². The zero-order valence-electron chi connectivity index (χ0n) is 12.1. The van der Waals surface area contributed by atoms with Crippen molar-refractivity contribution < 1.29 is 0 Å². The second-order valence-corrected chi connectivity index (χ2v) is 5.68. The van der Waals surface area contributed by atoms with Gasteiger partial charge in [-0.3, -0.25) is 0 Å². The Morgan fingerprint density at radius 3 is 2.80 bits per heavy atom. The Kier molecular flexibility index (Phi) is 5.22. The molecule has 1 aromatic heterocycles. The molecule has 1 aromatic rings. The first-order valence-electron chi connectivity index (χ1n) is 7.18. The minimum absolute atomic E-state index is 0.556. The van der Waals surface area contributed by atoms with Crippen LogP contribution in [0.1, 0.15) is 31.0 Å². The molecule has 108 valence electrons. The number of halogens is 1. The lowest BCUT2D eigenvalue weighted by molar-refractivity contribution is 0.385. The zero-order chi connectivity index (χ0) is 14.5. The average molecular weight is 293 g/mol. The number of rotatable bonds is 4. The van der Waals surface area contributed by atoms with E-state index in [1.54, 1.807) is 6.07 Å². The number of hydrogen-bond donors (Lipinski definition) is 1. The number of aryl methyl sites for hydroxylation is 1. The van der Waals surface area contributed by atoms with E-state index in [1.807, 2.05) is 6.92 Å². The summed E-state index contributed by atoms with van der Waals surface area (Å²) < 4.78 is 0. The third-order valence-corrected chi connectivity index (χ3v) is 4.14. The van der Waals surface area contributed by atoms with Gasteiger partial charge < -0.3 is 10.2 Å². The van der Waals surface area contributed by atoms with E-state index in [0.717, 1.165) is 56.5 Å². The lowest BCUT2D eigenvalue weighted by Crippen LogP contribution is -2.38. The smallest absolute Gasteiger partial charge is 0.147 e. The van der Waals surface area contributed by atoms with Gasteiger partial charge in [0.25, 0.3) is 0 Å². The van der Waals surface area contributed by atoms with Gasteiger partial charge in [-0.05, 0) is 44.8 Å². The summed E-state index contributed by atoms with van der Waals surface area (Å²) in [7, 11) is 0. The minimum Gasteiger partial charge on any atom is -0.355 e. The molecule has 0 radical (unpaired) electrons. The van der Waals surface area contributed by atoms with Gasteiger partial charge >= 0.3 is 0 Å². The summed E-state index contributed by atoms with van der Waals surface area (Å²) in [6.07, 6.45) is 2.31. The third-order valence-electron chi connectivity index (χ3n) is 3.87. The standard InChI is InChI=1S/C15H21ClN4/c1-3-18-10-12-4-6-20(7-5-12)15-14(16)8-13(9-17)11(2)19-15/h8,12,18H,3-7,10H2,1-2H3. The van der Waals surface area contributed by atoms with Crippen LogP contribution in [0.25, 0.3) is 0 Å². The molecule has 0 atom stereocenters. The number of aromatic nitrogens is 1. The van der Waals surface area contributed by atoms with Gasteiger partial charge in [-0.2, -0.15) is 5.26 Å². The molecule has 4 nitrogen and oxygen atoms in total. The van der Waals surface area contributed by atoms with E-state index in [2.05, 4.69) is 28.2 Å². The molecule has 0 spiro atoms. The normalized spacial score (nSPS) is 16.2. The predicted molar refractivity (Wildman–Crippen MR) is 82.2 cm³/mol. The first-order chi connectivity index (χ1) is 9.65. The number of anilines is 1. The lowest BCUT2D eigenvalue weighted by atomic mass is 9.97. The number of nitrogens with one attached hydrogen (secondary N) is 1. The Hall–Kier alpha value is -1.31. The van der Waals surface area contributed by atoms with Crippen LogP contribution >= 0.6 is 11.6 Å². The van der Waals surface area contributed by atoms with Crippen molar-refractivity contribution in [3.8, 4) is 6.07 Å². The molecule has 0 aromatic carbocycles. The quantitative estimate of drug-likeness (QED) is 0.927. The van der Waals surface area contributed by atoms with Crippen LogP contribution in [0, 0.1) is 24.2 Å². The maximum absolute atomic E-state index is 8.99. The van der Waals surface area contributed by atoms with Crippen LogP contribution in [-0.4, -0.2) is 31.2 Å². The summed E-state index contributed by atoms with van der Waals surface area (Å²) in [5.41, 5.74) is 1.31. The van der Waals surface area contributed by atoms with Gasteiger partial charge in [-0.25, -0.2) is 4.98 Å². The van der Waals surface area contributed by atoms with Crippen molar-refractivity contribution in [3.05, 3.63) is 22.3 Å². The Labute approximate surface area is 125 Å². The summed E-state index contributed by atoms with van der Waals surface area (Å²) in [5.74, 6) is 1.56. The highest BCUT2D eigenvalue weighted by Crippen LogP contribution is 2.29. The first kappa shape index (κ1) is 15.1. The monoisotopic (exact) mass is 292 g/mol. The molecule has 1 aliphatic rings. The average Bonchev–Trinajstić information content (AvgIpc) is 2.47. The second-order valence-electron chi connectivity index (χ2n) is 5.28. The molecule has 0 amide bonds. The highest BCUT2D eigenvalue weighted by Gasteiger charge is 2.22. The van der Waals surface area contributed by atoms with Gasteiger partial charge in [0.2, 0.25) is 0 Å². The van der Waals surface area contributed by atoms with Crippen LogP contribution in [0.15, 0.2) is 6.07 Å². The topological polar surface area (TPSA) is 52.0 Å². The predicted octanol–water partition coefficient (Wildman–Crippen LogP) is 2.74. The van der Waals surface area contributed by atoms with Crippen LogP contribution in [0.2, 0.25) is 5.02 Å². The maximum atomic E-state index is 8.99. The van der Waals surface area contributed by atoms with Gasteiger partial charge in [-0.1, -0.05) is 18.5 Å². The summed E-state index contributed by atoms with van der Waals surface area (Å²) in [4.78, 5) is 6.75. The van der Waals surface area contributed by atoms with Crippen molar-refractivity contribution in [2.75, 3.05) is 31.1 Å². The Bertz CT molecular complexity index is 501. The highest BCUT2D eigenvalue weighted by molar-refractivity contribution is 6.33. The van der Waals surface area contributed by atoms with Crippen LogP contribution in [0.5, 0.6) is 0 Å². The van der Waals surface area contributed by atoms with E-state index >= 15 is 0 Å². The van der Waals surface area contributed by atoms with Crippen molar-refractivity contribution in [3.63, 3.8) is 0 Å². The summed E-state index contributed by atoms with van der Waals surface area (Å²) in [6.45, 7) is 8.08. The van der Waals surface area contributed by atoms with Crippen LogP contribution < -0.4 is 10.2 Å². The summed E-state index contributed by atoms with van der Waals surface area (Å²) in [5, 5.41) is 13.0. The van der Waals surface area contributed by atoms with Crippen molar-refractivity contribution >= 4 is 17.4 Å². The van der Waals surface area contributed by atoms with Gasteiger partial charge in [0.15, 0.2) is 0 Å².